The molecular formula is C26H34N2O4. The standard InChI is InChI=1S/C26H34N2O4/c1-5-19(3)23-25(29)28(32-18-22-15-11-8-12-16-22)24(20(4)6-2)26(30)27(23)31-17-21-13-9-7-10-14-21/h7-16,19-20,23-24H,5-6,17-18H2,1-4H3/t19-,20-,23-,24+/m0/s1. The molecule has 0 aromatic heterocycles. The fourth-order valence-corrected chi connectivity index (χ4v) is 3.86. The van der Waals surface area contributed by atoms with E-state index in [2.05, 4.69) is 0 Å². The number of nitrogens with zero attached hydrogens (tertiary/aromatic N) is 2. The van der Waals surface area contributed by atoms with Crippen LogP contribution in [0.15, 0.2) is 60.7 Å². The third kappa shape index (κ3) is 5.37. The summed E-state index contributed by atoms with van der Waals surface area (Å²) in [6, 6.07) is 17.9. The van der Waals surface area contributed by atoms with Crippen LogP contribution in [0.5, 0.6) is 0 Å². The molecule has 0 bridgehead atoms. The smallest absolute Gasteiger partial charge is 0.270 e. The number of hydrogen-bond acceptors (Lipinski definition) is 4. The Morgan fingerprint density at radius 3 is 1.34 bits per heavy atom. The third-order valence-corrected chi connectivity index (χ3v) is 6.24. The van der Waals surface area contributed by atoms with Gasteiger partial charge in [-0.1, -0.05) is 101 Å². The summed E-state index contributed by atoms with van der Waals surface area (Å²) in [5.41, 5.74) is 1.89. The number of rotatable bonds is 10. The lowest BCUT2D eigenvalue weighted by Gasteiger charge is -2.46. The molecule has 0 spiro atoms. The van der Waals surface area contributed by atoms with Gasteiger partial charge in [0.15, 0.2) is 0 Å². The van der Waals surface area contributed by atoms with Gasteiger partial charge in [-0.3, -0.25) is 19.3 Å². The fourth-order valence-electron chi connectivity index (χ4n) is 3.86. The summed E-state index contributed by atoms with van der Waals surface area (Å²) in [5.74, 6) is -0.618. The summed E-state index contributed by atoms with van der Waals surface area (Å²) in [6.45, 7) is 8.40. The van der Waals surface area contributed by atoms with Gasteiger partial charge in [-0.2, -0.15) is 0 Å². The molecule has 2 aromatic carbocycles. The maximum atomic E-state index is 13.7. The van der Waals surface area contributed by atoms with Gasteiger partial charge < -0.3 is 0 Å². The summed E-state index contributed by atoms with van der Waals surface area (Å²) >= 11 is 0. The van der Waals surface area contributed by atoms with Gasteiger partial charge >= 0.3 is 0 Å². The van der Waals surface area contributed by atoms with Crippen molar-refractivity contribution in [2.24, 2.45) is 11.8 Å². The third-order valence-electron chi connectivity index (χ3n) is 6.24. The first-order valence-electron chi connectivity index (χ1n) is 11.5. The molecular weight excluding hydrogens is 404 g/mol. The zero-order valence-electron chi connectivity index (χ0n) is 19.4. The molecule has 0 saturated carbocycles. The van der Waals surface area contributed by atoms with Crippen molar-refractivity contribution >= 4 is 11.8 Å². The molecule has 32 heavy (non-hydrogen) atoms. The van der Waals surface area contributed by atoms with E-state index in [1.807, 2.05) is 88.4 Å². The summed E-state index contributed by atoms with van der Waals surface area (Å²) in [6.07, 6.45) is 1.46. The van der Waals surface area contributed by atoms with E-state index < -0.39 is 12.1 Å². The van der Waals surface area contributed by atoms with E-state index in [-0.39, 0.29) is 36.9 Å². The highest BCUT2D eigenvalue weighted by atomic mass is 16.7. The highest BCUT2D eigenvalue weighted by Crippen LogP contribution is 2.31. The van der Waals surface area contributed by atoms with Crippen LogP contribution in [0.4, 0.5) is 0 Å². The number of hydroxylamine groups is 4. The van der Waals surface area contributed by atoms with Crippen LogP contribution >= 0.6 is 0 Å². The van der Waals surface area contributed by atoms with Crippen molar-refractivity contribution in [1.82, 2.24) is 10.1 Å². The lowest BCUT2D eigenvalue weighted by Crippen LogP contribution is -2.67. The van der Waals surface area contributed by atoms with Crippen LogP contribution in [0, 0.1) is 11.8 Å². The molecule has 1 saturated heterocycles. The molecule has 2 amide bonds. The SMILES string of the molecule is CC[C@H](C)[C@H]1C(=O)N(OCc2ccccc2)[C@H]([C@@H](C)CC)C(=O)N1OCc1ccccc1. The van der Waals surface area contributed by atoms with Gasteiger partial charge in [0.2, 0.25) is 0 Å². The normalized spacial score (nSPS) is 21.0. The Balaban J connectivity index is 1.87. The van der Waals surface area contributed by atoms with Crippen LogP contribution in [0.25, 0.3) is 0 Å². The van der Waals surface area contributed by atoms with Gasteiger partial charge in [0.1, 0.15) is 25.3 Å². The first-order valence-corrected chi connectivity index (χ1v) is 11.5. The number of benzene rings is 2. The molecule has 172 valence electrons. The Labute approximate surface area is 191 Å². The Morgan fingerprint density at radius 1 is 0.688 bits per heavy atom. The van der Waals surface area contributed by atoms with Crippen LogP contribution in [-0.2, 0) is 32.5 Å². The van der Waals surface area contributed by atoms with Crippen molar-refractivity contribution in [3.8, 4) is 0 Å². The molecule has 1 aliphatic rings. The maximum absolute atomic E-state index is 13.7. The second kappa shape index (κ2) is 11.2. The predicted octanol–water partition coefficient (Wildman–Crippen LogP) is 4.75. The van der Waals surface area contributed by atoms with E-state index in [1.54, 1.807) is 0 Å². The van der Waals surface area contributed by atoms with Gasteiger partial charge in [-0.25, -0.2) is 10.1 Å². The van der Waals surface area contributed by atoms with E-state index in [9.17, 15) is 9.59 Å². The summed E-state index contributed by atoms with van der Waals surface area (Å²) in [5, 5.41) is 2.64. The minimum atomic E-state index is -0.729. The number of carbonyl (C=O) groups excluding carboxylic acids is 2. The van der Waals surface area contributed by atoms with Crippen LogP contribution in [0.1, 0.15) is 51.7 Å². The molecule has 0 radical (unpaired) electrons. The van der Waals surface area contributed by atoms with E-state index >= 15 is 0 Å². The molecule has 6 heteroatoms. The highest BCUT2D eigenvalue weighted by molar-refractivity contribution is 5.96. The first-order chi connectivity index (χ1) is 15.5. The molecule has 0 N–H and O–H groups in total. The van der Waals surface area contributed by atoms with Crippen molar-refractivity contribution < 1.29 is 19.3 Å². The van der Waals surface area contributed by atoms with E-state index in [0.717, 1.165) is 24.0 Å². The number of carbonyl (C=O) groups is 2. The molecule has 3 rings (SSSR count). The summed E-state index contributed by atoms with van der Waals surface area (Å²) in [4.78, 5) is 39.4. The fraction of sp³-hybridized carbons (Fsp3) is 0.462. The van der Waals surface area contributed by atoms with Crippen LogP contribution in [0.3, 0.4) is 0 Å². The highest BCUT2D eigenvalue weighted by Gasteiger charge is 2.51. The van der Waals surface area contributed by atoms with Crippen molar-refractivity contribution in [1.29, 1.82) is 0 Å². The second-order valence-corrected chi connectivity index (χ2v) is 8.51. The van der Waals surface area contributed by atoms with Crippen molar-refractivity contribution in [3.63, 3.8) is 0 Å². The van der Waals surface area contributed by atoms with Gasteiger partial charge in [-0.15, -0.1) is 0 Å². The number of amides is 2. The number of hydrogen-bond donors (Lipinski definition) is 0. The molecule has 0 aliphatic carbocycles. The zero-order chi connectivity index (χ0) is 23.1. The van der Waals surface area contributed by atoms with Gasteiger partial charge in [0.05, 0.1) is 0 Å². The van der Waals surface area contributed by atoms with Crippen LogP contribution < -0.4 is 0 Å². The lowest BCUT2D eigenvalue weighted by atomic mass is 9.90. The Morgan fingerprint density at radius 2 is 1.03 bits per heavy atom. The molecule has 1 aliphatic heterocycles. The molecule has 4 atom stereocenters. The number of piperazine rings is 1. The second-order valence-electron chi connectivity index (χ2n) is 8.51. The maximum Gasteiger partial charge on any atom is 0.272 e. The van der Waals surface area contributed by atoms with E-state index in [0.29, 0.717) is 0 Å². The van der Waals surface area contributed by atoms with E-state index in [4.69, 9.17) is 9.68 Å². The molecule has 1 heterocycles. The quantitative estimate of drug-likeness (QED) is 0.537. The predicted molar refractivity (Wildman–Crippen MR) is 123 cm³/mol. The zero-order valence-corrected chi connectivity index (χ0v) is 19.4. The largest absolute Gasteiger partial charge is 0.272 e. The average molecular weight is 439 g/mol. The molecule has 6 nitrogen and oxygen atoms in total. The Bertz CT molecular complexity index is 800. The molecule has 2 aromatic rings. The van der Waals surface area contributed by atoms with Crippen molar-refractivity contribution in [2.45, 2.75) is 65.8 Å². The monoisotopic (exact) mass is 438 g/mol. The Kier molecular flexibility index (Phi) is 8.42. The minimum Gasteiger partial charge on any atom is -0.270 e. The topological polar surface area (TPSA) is 59.1 Å². The van der Waals surface area contributed by atoms with Gasteiger partial charge in [0, 0.05) is 0 Å². The average Bonchev–Trinajstić information content (AvgIpc) is 2.83. The van der Waals surface area contributed by atoms with Gasteiger partial charge in [-0.05, 0) is 23.0 Å². The van der Waals surface area contributed by atoms with E-state index in [1.165, 1.54) is 10.1 Å². The molecule has 0 unspecified atom stereocenters. The minimum absolute atomic E-state index is 0.0806. The summed E-state index contributed by atoms with van der Waals surface area (Å²) < 4.78 is 0. The Hall–Kier alpha value is -2.70. The lowest BCUT2D eigenvalue weighted by molar-refractivity contribution is -0.269. The molecule has 1 fully saturated rings. The first kappa shape index (κ1) is 24.0. The summed E-state index contributed by atoms with van der Waals surface area (Å²) in [7, 11) is 0. The van der Waals surface area contributed by atoms with Crippen LogP contribution in [-0.4, -0.2) is 34.0 Å². The van der Waals surface area contributed by atoms with Crippen molar-refractivity contribution in [2.75, 3.05) is 0 Å². The van der Waals surface area contributed by atoms with Gasteiger partial charge in [0.25, 0.3) is 11.8 Å². The van der Waals surface area contributed by atoms with Crippen LogP contribution in [0.2, 0.25) is 0 Å². The van der Waals surface area contributed by atoms with Crippen molar-refractivity contribution in [3.05, 3.63) is 71.8 Å².